The summed E-state index contributed by atoms with van der Waals surface area (Å²) < 4.78 is 0. The molecule has 0 N–H and O–H groups in total. The van der Waals surface area contributed by atoms with Gasteiger partial charge in [0.1, 0.15) is 0 Å². The van der Waals surface area contributed by atoms with Gasteiger partial charge >= 0.3 is 0 Å². The predicted octanol–water partition coefficient (Wildman–Crippen LogP) is 2.61. The molecule has 0 aromatic rings. The number of rotatable bonds is 1. The van der Waals surface area contributed by atoms with Crippen molar-refractivity contribution < 1.29 is 0 Å². The van der Waals surface area contributed by atoms with E-state index in [0.717, 1.165) is 5.57 Å². The van der Waals surface area contributed by atoms with Gasteiger partial charge in [-0.3, -0.25) is 4.91 Å². The van der Waals surface area contributed by atoms with Gasteiger partial charge in [0, 0.05) is 0 Å². The Morgan fingerprint density at radius 2 is 1.75 bits per heavy atom. The molecule has 0 atom stereocenters. The van der Waals surface area contributed by atoms with E-state index in [2.05, 4.69) is 13.2 Å². The van der Waals surface area contributed by atoms with E-state index in [0.29, 0.717) is 0 Å². The molecule has 0 amide bonds. The van der Waals surface area contributed by atoms with Crippen LogP contribution in [0.1, 0.15) is 6.92 Å². The van der Waals surface area contributed by atoms with Crippen molar-refractivity contribution in [2.75, 3.05) is 0 Å². The smallest absolute Gasteiger partial charge is 0.0404 e. The molecule has 0 radical (unpaired) electrons. The van der Waals surface area contributed by atoms with Crippen molar-refractivity contribution in [3.8, 4) is 0 Å². The maximum absolute atomic E-state index is 6.75. The molecule has 0 saturated heterocycles. The van der Waals surface area contributed by atoms with Crippen LogP contribution >= 0.6 is 0 Å². The van der Waals surface area contributed by atoms with Gasteiger partial charge in [0.25, 0.3) is 0 Å². The molecule has 0 bridgehead atoms. The van der Waals surface area contributed by atoms with Crippen molar-refractivity contribution in [1.29, 1.82) is 0 Å². The van der Waals surface area contributed by atoms with Crippen LogP contribution < -0.4 is 0 Å². The fraction of sp³-hybridized carbons (Fsp3) is 0.200. The fourth-order valence-corrected chi connectivity index (χ4v) is 0. The summed E-state index contributed by atoms with van der Waals surface area (Å²) in [5, 5.41) is 0. The molecule has 0 aliphatic heterocycles. The van der Waals surface area contributed by atoms with Gasteiger partial charge in [-0.2, -0.15) is 0 Å². The van der Waals surface area contributed by atoms with Gasteiger partial charge in [-0.15, -0.1) is 0 Å². The number of nitrogens with zero attached hydrogens (tertiary/aromatic N) is 3. The number of hydrogen-bond acceptors (Lipinski definition) is 0. The molecule has 0 aliphatic carbocycles. The van der Waals surface area contributed by atoms with Gasteiger partial charge in [-0.25, -0.2) is 0 Å². The normalized spacial score (nSPS) is 5.12. The molecular formula is C5H8N3-. The van der Waals surface area contributed by atoms with Gasteiger partial charge in [-0.05, 0) is 6.92 Å². The van der Waals surface area contributed by atoms with Crippen LogP contribution in [-0.4, -0.2) is 0 Å². The van der Waals surface area contributed by atoms with E-state index in [1.807, 2.05) is 6.92 Å². The monoisotopic (exact) mass is 110 g/mol. The second-order valence-electron chi connectivity index (χ2n) is 1.14. The highest BCUT2D eigenvalue weighted by molar-refractivity contribution is 5.05. The fourth-order valence-electron chi connectivity index (χ4n) is 0. The van der Waals surface area contributed by atoms with Crippen molar-refractivity contribution in [2.45, 2.75) is 6.92 Å². The van der Waals surface area contributed by atoms with Crippen LogP contribution in [0.2, 0.25) is 0 Å². The van der Waals surface area contributed by atoms with Crippen molar-refractivity contribution in [1.82, 2.24) is 0 Å². The Kier molecular flexibility index (Phi) is 11.5. The van der Waals surface area contributed by atoms with Crippen LogP contribution in [0.4, 0.5) is 0 Å². The first kappa shape index (κ1) is 9.92. The Balaban J connectivity index is 0. The molecule has 8 heavy (non-hydrogen) atoms. The Labute approximate surface area is 48.7 Å². The lowest BCUT2D eigenvalue weighted by atomic mass is 10.4. The minimum Gasteiger partial charge on any atom is -0.373 e. The minimum atomic E-state index is 1.02. The van der Waals surface area contributed by atoms with E-state index in [9.17, 15) is 0 Å². The van der Waals surface area contributed by atoms with Crippen LogP contribution in [0.5, 0.6) is 0 Å². The SMILES string of the molecule is C=CC(=C)C.[N-]=[N+]=[N-]. The molecule has 0 unspecified atom stereocenters. The maximum atomic E-state index is 6.75. The van der Waals surface area contributed by atoms with Gasteiger partial charge in [0.2, 0.25) is 0 Å². The third kappa shape index (κ3) is 110. The topological polar surface area (TPSA) is 58.7 Å². The Morgan fingerprint density at radius 1 is 1.62 bits per heavy atom. The van der Waals surface area contributed by atoms with E-state index in [-0.39, 0.29) is 0 Å². The summed E-state index contributed by atoms with van der Waals surface area (Å²) >= 11 is 0. The average molecular weight is 110 g/mol. The van der Waals surface area contributed by atoms with Crippen LogP contribution in [0.25, 0.3) is 16.0 Å². The van der Waals surface area contributed by atoms with Crippen LogP contribution in [-0.2, 0) is 0 Å². The lowest BCUT2D eigenvalue weighted by Crippen LogP contribution is -1.50. The third-order valence-corrected chi connectivity index (χ3v) is 0.348. The summed E-state index contributed by atoms with van der Waals surface area (Å²) in [5.74, 6) is 0. The number of allylic oxidation sites excluding steroid dienone is 2. The zero-order valence-electron chi connectivity index (χ0n) is 4.83. The van der Waals surface area contributed by atoms with Crippen molar-refractivity contribution in [3.05, 3.63) is 40.8 Å². The third-order valence-electron chi connectivity index (χ3n) is 0.348. The average Bonchev–Trinajstić information content (AvgIpc) is 1.69. The standard InChI is InChI=1S/C5H8.N3/c1-4-5(2)3;1-3-2/h4H,1-2H2,3H3;/q;-1. The molecule has 3 heteroatoms. The summed E-state index contributed by atoms with van der Waals surface area (Å²) in [5.41, 5.74) is 14.5. The van der Waals surface area contributed by atoms with Crippen molar-refractivity contribution in [3.63, 3.8) is 0 Å². The van der Waals surface area contributed by atoms with Crippen molar-refractivity contribution >= 4 is 0 Å². The highest BCUT2D eigenvalue weighted by Gasteiger charge is 1.59. The molecule has 44 valence electrons. The summed E-state index contributed by atoms with van der Waals surface area (Å²) in [6.45, 7) is 8.93. The van der Waals surface area contributed by atoms with E-state index in [1.165, 1.54) is 4.91 Å². The molecular weight excluding hydrogens is 102 g/mol. The maximum Gasteiger partial charge on any atom is -0.0404 e. The first-order chi connectivity index (χ1) is 3.68. The Hall–Kier alpha value is -1.21. The molecule has 0 rings (SSSR count). The van der Waals surface area contributed by atoms with Gasteiger partial charge < -0.3 is 11.1 Å². The zero-order valence-corrected chi connectivity index (χ0v) is 4.83. The first-order valence-electron chi connectivity index (χ1n) is 1.95. The van der Waals surface area contributed by atoms with E-state index in [4.69, 9.17) is 11.1 Å². The lowest BCUT2D eigenvalue weighted by Gasteiger charge is -1.71. The largest absolute Gasteiger partial charge is 0.373 e. The van der Waals surface area contributed by atoms with Gasteiger partial charge in [0.15, 0.2) is 0 Å². The van der Waals surface area contributed by atoms with Crippen LogP contribution in [0, 0.1) is 0 Å². The molecule has 0 spiro atoms. The van der Waals surface area contributed by atoms with E-state index >= 15 is 0 Å². The van der Waals surface area contributed by atoms with E-state index < -0.39 is 0 Å². The molecule has 0 aliphatic rings. The van der Waals surface area contributed by atoms with Crippen molar-refractivity contribution in [2.24, 2.45) is 0 Å². The summed E-state index contributed by atoms with van der Waals surface area (Å²) in [4.78, 5) is 1.50. The van der Waals surface area contributed by atoms with Crippen LogP contribution in [0.3, 0.4) is 0 Å². The van der Waals surface area contributed by atoms with Gasteiger partial charge in [-0.1, -0.05) is 24.8 Å². The highest BCUT2D eigenvalue weighted by atomic mass is 15.0. The number of hydrogen-bond donors (Lipinski definition) is 0. The summed E-state index contributed by atoms with van der Waals surface area (Å²) in [7, 11) is 0. The van der Waals surface area contributed by atoms with E-state index in [1.54, 1.807) is 6.08 Å². The second kappa shape index (κ2) is 9.25. The lowest BCUT2D eigenvalue weighted by molar-refractivity contribution is 1.58. The Morgan fingerprint density at radius 3 is 1.75 bits per heavy atom. The van der Waals surface area contributed by atoms with Crippen LogP contribution in [0.15, 0.2) is 24.8 Å². The molecule has 0 heterocycles. The highest BCUT2D eigenvalue weighted by Crippen LogP contribution is 1.81. The minimum absolute atomic E-state index is 1.02. The molecule has 0 saturated carbocycles. The Bertz CT molecular complexity index is 109. The first-order valence-corrected chi connectivity index (χ1v) is 1.95. The molecule has 3 nitrogen and oxygen atoms in total. The molecule has 0 aromatic heterocycles. The predicted molar refractivity (Wildman–Crippen MR) is 35.1 cm³/mol. The summed E-state index contributed by atoms with van der Waals surface area (Å²) in [6.07, 6.45) is 1.72. The molecule has 0 fully saturated rings. The van der Waals surface area contributed by atoms with Gasteiger partial charge in [0.05, 0.1) is 0 Å². The quantitative estimate of drug-likeness (QED) is 0.215. The zero-order chi connectivity index (χ0) is 6.99. The molecule has 0 aromatic carbocycles. The summed E-state index contributed by atoms with van der Waals surface area (Å²) in [6, 6.07) is 0. The second-order valence-corrected chi connectivity index (χ2v) is 1.14.